The highest BCUT2D eigenvalue weighted by Gasteiger charge is 2.26. The predicted octanol–water partition coefficient (Wildman–Crippen LogP) is 5.30. The van der Waals surface area contributed by atoms with Gasteiger partial charge in [0, 0.05) is 50.7 Å². The molecule has 10 nitrogen and oxygen atoms in total. The number of pyridine rings is 1. The molecular weight excluding hydrogens is 537 g/mol. The second kappa shape index (κ2) is 11.8. The molecule has 1 aromatic carbocycles. The van der Waals surface area contributed by atoms with E-state index in [1.165, 1.54) is 18.5 Å². The summed E-state index contributed by atoms with van der Waals surface area (Å²) < 4.78 is 28.9. The zero-order valence-electron chi connectivity index (χ0n) is 23.7. The van der Waals surface area contributed by atoms with Crippen molar-refractivity contribution >= 4 is 28.7 Å². The van der Waals surface area contributed by atoms with Crippen molar-refractivity contribution in [2.45, 2.75) is 44.8 Å². The van der Waals surface area contributed by atoms with E-state index in [1.54, 1.807) is 28.9 Å². The minimum atomic E-state index is -0.473. The fourth-order valence-electron chi connectivity index (χ4n) is 5.86. The number of likely N-dealkylation sites (tertiary alicyclic amines) is 1. The topological polar surface area (TPSA) is 97.1 Å². The number of aromatic nitrogens is 4. The molecule has 2 unspecified atom stereocenters. The summed E-state index contributed by atoms with van der Waals surface area (Å²) in [6.07, 6.45) is 8.21. The van der Waals surface area contributed by atoms with Gasteiger partial charge in [0.25, 0.3) is 0 Å². The number of anilines is 3. The summed E-state index contributed by atoms with van der Waals surface area (Å²) in [4.78, 5) is 24.9. The third-order valence-electron chi connectivity index (χ3n) is 7.80. The number of hydrogen-bond acceptors (Lipinski definition) is 8. The van der Waals surface area contributed by atoms with Gasteiger partial charge in [0.15, 0.2) is 5.82 Å². The van der Waals surface area contributed by atoms with Gasteiger partial charge in [-0.25, -0.2) is 18.9 Å². The van der Waals surface area contributed by atoms with Crippen LogP contribution in [0.15, 0.2) is 67.8 Å². The number of benzene rings is 1. The molecule has 1 amide bonds. The van der Waals surface area contributed by atoms with Crippen LogP contribution >= 0.6 is 0 Å². The van der Waals surface area contributed by atoms with E-state index in [-0.39, 0.29) is 29.7 Å². The molecule has 218 valence electrons. The maximum absolute atomic E-state index is 15.4. The zero-order valence-corrected chi connectivity index (χ0v) is 23.7. The van der Waals surface area contributed by atoms with Crippen molar-refractivity contribution in [1.82, 2.24) is 24.5 Å². The number of nitrogens with zero attached hydrogens (tertiary/aromatic N) is 6. The smallest absolute Gasteiger partial charge is 0.245 e. The minimum Gasteiger partial charge on any atom is -0.457 e. The van der Waals surface area contributed by atoms with Gasteiger partial charge < -0.3 is 24.6 Å². The molecule has 42 heavy (non-hydrogen) atoms. The molecule has 0 aliphatic carbocycles. The lowest BCUT2D eigenvalue weighted by Crippen LogP contribution is -2.45. The number of morpholine rings is 1. The van der Waals surface area contributed by atoms with Crippen molar-refractivity contribution in [2.75, 3.05) is 36.4 Å². The first-order valence-corrected chi connectivity index (χ1v) is 14.2. The Morgan fingerprint density at radius 1 is 1.10 bits per heavy atom. The summed E-state index contributed by atoms with van der Waals surface area (Å²) in [5.41, 5.74) is 2.14. The van der Waals surface area contributed by atoms with Gasteiger partial charge >= 0.3 is 0 Å². The van der Waals surface area contributed by atoms with Crippen molar-refractivity contribution < 1.29 is 18.7 Å². The van der Waals surface area contributed by atoms with Crippen LogP contribution in [0.4, 0.5) is 21.7 Å². The van der Waals surface area contributed by atoms with Crippen molar-refractivity contribution in [3.63, 3.8) is 0 Å². The third-order valence-corrected chi connectivity index (χ3v) is 7.80. The van der Waals surface area contributed by atoms with E-state index in [0.717, 1.165) is 42.8 Å². The maximum atomic E-state index is 15.4. The second-order valence-electron chi connectivity index (χ2n) is 10.9. The van der Waals surface area contributed by atoms with E-state index < -0.39 is 5.82 Å². The lowest BCUT2D eigenvalue weighted by molar-refractivity contribution is -0.127. The zero-order chi connectivity index (χ0) is 29.2. The Morgan fingerprint density at radius 2 is 1.86 bits per heavy atom. The van der Waals surface area contributed by atoms with Gasteiger partial charge in [-0.15, -0.1) is 0 Å². The van der Waals surface area contributed by atoms with E-state index in [2.05, 4.69) is 31.9 Å². The van der Waals surface area contributed by atoms with Crippen molar-refractivity contribution in [3.05, 3.63) is 79.2 Å². The Hall–Kier alpha value is -4.51. The summed E-state index contributed by atoms with van der Waals surface area (Å²) in [6.45, 7) is 10.5. The molecule has 11 heteroatoms. The number of amides is 1. The summed E-state index contributed by atoms with van der Waals surface area (Å²) in [5.74, 6) is 1.95. The van der Waals surface area contributed by atoms with Gasteiger partial charge in [-0.05, 0) is 68.5 Å². The molecule has 4 aromatic rings. The third kappa shape index (κ3) is 5.78. The van der Waals surface area contributed by atoms with Crippen LogP contribution in [0.2, 0.25) is 0 Å². The van der Waals surface area contributed by atoms with Crippen molar-refractivity contribution in [1.29, 1.82) is 0 Å². The fraction of sp³-hybridized carbons (Fsp3) is 0.355. The molecular formula is C31H34FN7O3. The van der Waals surface area contributed by atoms with Crippen LogP contribution in [0.5, 0.6) is 11.5 Å². The normalized spacial score (nSPS) is 19.6. The van der Waals surface area contributed by atoms with Crippen LogP contribution in [-0.2, 0) is 9.53 Å². The van der Waals surface area contributed by atoms with E-state index in [0.29, 0.717) is 30.4 Å². The Balaban J connectivity index is 1.18. The minimum absolute atomic E-state index is 0.0467. The highest BCUT2D eigenvalue weighted by molar-refractivity contribution is 5.87. The van der Waals surface area contributed by atoms with Crippen LogP contribution in [0, 0.1) is 5.82 Å². The van der Waals surface area contributed by atoms with Gasteiger partial charge in [0.05, 0.1) is 17.9 Å². The average Bonchev–Trinajstić information content (AvgIpc) is 3.43. The molecule has 2 atom stereocenters. The van der Waals surface area contributed by atoms with Crippen molar-refractivity contribution in [3.8, 4) is 11.5 Å². The van der Waals surface area contributed by atoms with Crippen molar-refractivity contribution in [2.24, 2.45) is 0 Å². The van der Waals surface area contributed by atoms with Gasteiger partial charge in [0.2, 0.25) is 5.91 Å². The first-order chi connectivity index (χ1) is 20.4. The molecule has 1 N–H and O–H groups in total. The molecule has 2 aliphatic heterocycles. The average molecular weight is 572 g/mol. The van der Waals surface area contributed by atoms with E-state index in [4.69, 9.17) is 9.47 Å². The number of halogens is 1. The standard InChI is InChI=1S/C31H34FN7O3/c1-4-29(40)37-12-8-22(9-13-37)25-10-14-39-30(25)31(34-19-35-39)36-27-6-5-23(15-26(27)32)42-24-7-11-33-28(16-24)38-17-20(2)41-21(3)18-38/h4-7,10-11,14-16,19-22H,1,8-9,12-13,17-18H2,2-3H3,(H,34,35,36). The number of piperidine rings is 1. The molecule has 3 aromatic heterocycles. The molecule has 5 heterocycles. The number of ether oxygens (including phenoxy) is 2. The maximum Gasteiger partial charge on any atom is 0.245 e. The molecule has 0 spiro atoms. The summed E-state index contributed by atoms with van der Waals surface area (Å²) in [7, 11) is 0. The predicted molar refractivity (Wildman–Crippen MR) is 158 cm³/mol. The number of carbonyl (C=O) groups excluding carboxylic acids is 1. The molecule has 0 saturated carbocycles. The summed E-state index contributed by atoms with van der Waals surface area (Å²) >= 11 is 0. The second-order valence-corrected chi connectivity index (χ2v) is 10.9. The fourth-order valence-corrected chi connectivity index (χ4v) is 5.86. The lowest BCUT2D eigenvalue weighted by Gasteiger charge is -2.36. The SMILES string of the molecule is C=CC(=O)N1CCC(c2ccn3ncnc(Nc4ccc(Oc5ccnc(N6CC(C)OC(C)C6)c5)cc4F)c23)CC1. The highest BCUT2D eigenvalue weighted by Crippen LogP contribution is 2.35. The quantitative estimate of drug-likeness (QED) is 0.299. The first-order valence-electron chi connectivity index (χ1n) is 14.2. The first kappa shape index (κ1) is 27.6. The van der Waals surface area contributed by atoms with E-state index in [9.17, 15) is 4.79 Å². The number of rotatable bonds is 7. The highest BCUT2D eigenvalue weighted by atomic mass is 19.1. The molecule has 2 aliphatic rings. The van der Waals surface area contributed by atoms with Crippen LogP contribution in [-0.4, -0.2) is 68.8 Å². The number of nitrogens with one attached hydrogen (secondary N) is 1. The van der Waals surface area contributed by atoms with Crippen LogP contribution in [0.3, 0.4) is 0 Å². The lowest BCUT2D eigenvalue weighted by atomic mass is 9.90. The number of fused-ring (bicyclic) bond motifs is 1. The Kier molecular flexibility index (Phi) is 7.75. The molecule has 2 saturated heterocycles. The van der Waals surface area contributed by atoms with Crippen LogP contribution in [0.25, 0.3) is 5.52 Å². The number of carbonyl (C=O) groups is 1. The van der Waals surface area contributed by atoms with Gasteiger partial charge in [-0.2, -0.15) is 5.10 Å². The van der Waals surface area contributed by atoms with E-state index >= 15 is 4.39 Å². The van der Waals surface area contributed by atoms with Gasteiger partial charge in [-0.1, -0.05) is 6.58 Å². The number of hydrogen-bond donors (Lipinski definition) is 1. The molecule has 6 rings (SSSR count). The monoisotopic (exact) mass is 571 g/mol. The Morgan fingerprint density at radius 3 is 2.60 bits per heavy atom. The van der Waals surface area contributed by atoms with Crippen LogP contribution < -0.4 is 15.0 Å². The molecule has 0 radical (unpaired) electrons. The Labute approximate surface area is 243 Å². The molecule has 0 bridgehead atoms. The van der Waals surface area contributed by atoms with Crippen LogP contribution in [0.1, 0.15) is 38.2 Å². The summed E-state index contributed by atoms with van der Waals surface area (Å²) in [6, 6.07) is 10.3. The molecule has 2 fully saturated rings. The van der Waals surface area contributed by atoms with Gasteiger partial charge in [-0.3, -0.25) is 4.79 Å². The summed E-state index contributed by atoms with van der Waals surface area (Å²) in [5, 5.41) is 7.51. The van der Waals surface area contributed by atoms with E-state index in [1.807, 2.05) is 37.1 Å². The largest absolute Gasteiger partial charge is 0.457 e. The Bertz CT molecular complexity index is 1590. The van der Waals surface area contributed by atoms with Gasteiger partial charge in [0.1, 0.15) is 35.0 Å².